The second-order valence-corrected chi connectivity index (χ2v) is 9.57. The number of nitrogens with zero attached hydrogens (tertiary/aromatic N) is 5. The second kappa shape index (κ2) is 8.84. The molecule has 176 valence electrons. The van der Waals surface area contributed by atoms with Gasteiger partial charge in [-0.25, -0.2) is 18.7 Å². The molecule has 0 aliphatic carbocycles. The Hall–Kier alpha value is -3.24. The molecule has 1 fully saturated rings. The topological polar surface area (TPSA) is 73.1 Å². The highest BCUT2D eigenvalue weighted by molar-refractivity contribution is 7.22. The van der Waals surface area contributed by atoms with Crippen LogP contribution in [0.4, 0.5) is 13.9 Å². The van der Waals surface area contributed by atoms with Crippen LogP contribution in [0.15, 0.2) is 41.3 Å². The lowest BCUT2D eigenvalue weighted by Gasteiger charge is -2.29. The number of hydrogen-bond acceptors (Lipinski definition) is 7. The van der Waals surface area contributed by atoms with Gasteiger partial charge < -0.3 is 14.2 Å². The van der Waals surface area contributed by atoms with Gasteiger partial charge in [-0.1, -0.05) is 11.3 Å². The van der Waals surface area contributed by atoms with Crippen molar-refractivity contribution in [1.29, 1.82) is 0 Å². The summed E-state index contributed by atoms with van der Waals surface area (Å²) >= 11 is 1.37. The first-order chi connectivity index (χ1) is 16.3. The van der Waals surface area contributed by atoms with Crippen molar-refractivity contribution in [2.75, 3.05) is 25.6 Å². The molecule has 1 aliphatic heterocycles. The first-order valence-corrected chi connectivity index (χ1v) is 11.7. The highest BCUT2D eigenvalue weighted by Gasteiger charge is 2.29. The normalized spacial score (nSPS) is 18.4. The molecular formula is C24H23F2N5O2S. The fraction of sp³-hybridized carbons (Fsp3) is 0.333. The van der Waals surface area contributed by atoms with Crippen LogP contribution in [-0.2, 0) is 11.8 Å². The number of benzene rings is 1. The number of anilines is 1. The zero-order chi connectivity index (χ0) is 24.0. The summed E-state index contributed by atoms with van der Waals surface area (Å²) in [7, 11) is 5.46. The van der Waals surface area contributed by atoms with Gasteiger partial charge in [-0.3, -0.25) is 4.79 Å². The molecular weight excluding hydrogens is 460 g/mol. The van der Waals surface area contributed by atoms with Crippen LogP contribution in [0.2, 0.25) is 0 Å². The van der Waals surface area contributed by atoms with Gasteiger partial charge in [0.15, 0.2) is 10.8 Å². The Morgan fingerprint density at radius 1 is 1.15 bits per heavy atom. The number of aromatic nitrogens is 4. The van der Waals surface area contributed by atoms with Crippen molar-refractivity contribution in [3.63, 3.8) is 0 Å². The number of aryl methyl sites for hydroxylation is 1. The number of rotatable bonds is 4. The predicted octanol–water partition coefficient (Wildman–Crippen LogP) is 4.43. The van der Waals surface area contributed by atoms with E-state index in [-0.39, 0.29) is 23.1 Å². The molecule has 0 radical (unpaired) electrons. The van der Waals surface area contributed by atoms with Crippen molar-refractivity contribution in [2.24, 2.45) is 7.05 Å². The van der Waals surface area contributed by atoms with Crippen molar-refractivity contribution in [3.8, 4) is 11.3 Å². The minimum atomic E-state index is -0.680. The van der Waals surface area contributed by atoms with E-state index in [0.29, 0.717) is 41.3 Å². The third-order valence-electron chi connectivity index (χ3n) is 5.96. The zero-order valence-corrected chi connectivity index (χ0v) is 19.8. The van der Waals surface area contributed by atoms with E-state index in [1.165, 1.54) is 34.1 Å². The van der Waals surface area contributed by atoms with Crippen molar-refractivity contribution in [1.82, 2.24) is 19.5 Å². The summed E-state index contributed by atoms with van der Waals surface area (Å²) in [6.45, 7) is 0.500. The first kappa shape index (κ1) is 22.5. The van der Waals surface area contributed by atoms with E-state index in [2.05, 4.69) is 4.98 Å². The van der Waals surface area contributed by atoms with Gasteiger partial charge in [-0.05, 0) is 36.6 Å². The molecule has 34 heavy (non-hydrogen) atoms. The molecule has 0 unspecified atom stereocenters. The Balaban J connectivity index is 1.59. The number of thiazole rings is 1. The summed E-state index contributed by atoms with van der Waals surface area (Å²) in [5.41, 5.74) is 1.93. The van der Waals surface area contributed by atoms with Crippen molar-refractivity contribution in [2.45, 2.75) is 24.9 Å². The summed E-state index contributed by atoms with van der Waals surface area (Å²) in [6.07, 6.45) is 2.87. The van der Waals surface area contributed by atoms with Gasteiger partial charge in [-0.2, -0.15) is 4.98 Å². The fourth-order valence-electron chi connectivity index (χ4n) is 4.14. The molecule has 0 amide bonds. The Kier molecular flexibility index (Phi) is 5.86. The third kappa shape index (κ3) is 4.19. The Morgan fingerprint density at radius 2 is 1.97 bits per heavy atom. The van der Waals surface area contributed by atoms with Gasteiger partial charge in [0, 0.05) is 57.6 Å². The Bertz CT molecular complexity index is 1430. The van der Waals surface area contributed by atoms with Gasteiger partial charge in [-0.15, -0.1) is 0 Å². The maximum Gasteiger partial charge on any atom is 0.250 e. The van der Waals surface area contributed by atoms with Crippen LogP contribution in [-0.4, -0.2) is 40.2 Å². The molecule has 0 bridgehead atoms. The molecule has 0 spiro atoms. The van der Waals surface area contributed by atoms with E-state index >= 15 is 0 Å². The maximum absolute atomic E-state index is 14.8. The summed E-state index contributed by atoms with van der Waals surface area (Å²) in [5, 5.41) is 0.722. The molecule has 0 N–H and O–H groups in total. The van der Waals surface area contributed by atoms with E-state index in [4.69, 9.17) is 14.7 Å². The van der Waals surface area contributed by atoms with Crippen LogP contribution in [0.3, 0.4) is 0 Å². The second-order valence-electron chi connectivity index (χ2n) is 8.59. The van der Waals surface area contributed by atoms with Gasteiger partial charge in [0.25, 0.3) is 0 Å². The van der Waals surface area contributed by atoms with Gasteiger partial charge in [0.2, 0.25) is 5.56 Å². The average molecular weight is 484 g/mol. The summed E-state index contributed by atoms with van der Waals surface area (Å²) < 4.78 is 36.5. The third-order valence-corrected chi connectivity index (χ3v) is 7.18. The number of ether oxygens (including phenoxy) is 1. The molecule has 4 aromatic rings. The van der Waals surface area contributed by atoms with E-state index < -0.39 is 11.6 Å². The SMILES string of the molecule is CN(C)c1nc2nc([C@H]3CCO[C@H](c4ccc(=O)n(C)c4)C3)nc(-c3ccc(F)cc3F)c2s1. The van der Waals surface area contributed by atoms with Crippen LogP contribution in [0.1, 0.15) is 36.3 Å². The molecule has 3 aromatic heterocycles. The summed E-state index contributed by atoms with van der Waals surface area (Å²) in [4.78, 5) is 27.8. The van der Waals surface area contributed by atoms with E-state index in [1.54, 1.807) is 19.3 Å². The largest absolute Gasteiger partial charge is 0.373 e. The lowest BCUT2D eigenvalue weighted by atomic mass is 9.91. The van der Waals surface area contributed by atoms with Crippen LogP contribution < -0.4 is 10.5 Å². The zero-order valence-electron chi connectivity index (χ0n) is 19.0. The number of pyridine rings is 1. The lowest BCUT2D eigenvalue weighted by Crippen LogP contribution is -2.22. The predicted molar refractivity (Wildman–Crippen MR) is 127 cm³/mol. The molecule has 4 heterocycles. The van der Waals surface area contributed by atoms with Crippen molar-refractivity contribution >= 4 is 26.8 Å². The monoisotopic (exact) mass is 483 g/mol. The van der Waals surface area contributed by atoms with E-state index in [1.807, 2.05) is 19.0 Å². The number of fused-ring (bicyclic) bond motifs is 1. The summed E-state index contributed by atoms with van der Waals surface area (Å²) in [6, 6.07) is 6.80. The number of hydrogen-bond donors (Lipinski definition) is 0. The fourth-order valence-corrected chi connectivity index (χ4v) is 5.07. The molecule has 0 saturated carbocycles. The average Bonchev–Trinajstić information content (AvgIpc) is 3.25. The molecule has 1 aliphatic rings. The van der Waals surface area contributed by atoms with Crippen LogP contribution in [0, 0.1) is 11.6 Å². The molecule has 10 heteroatoms. The first-order valence-electron chi connectivity index (χ1n) is 10.9. The molecule has 5 rings (SSSR count). The quantitative estimate of drug-likeness (QED) is 0.428. The Labute approximate surface area is 198 Å². The molecule has 2 atom stereocenters. The van der Waals surface area contributed by atoms with Crippen LogP contribution >= 0.6 is 11.3 Å². The van der Waals surface area contributed by atoms with Gasteiger partial charge in [0.1, 0.15) is 22.2 Å². The molecule has 7 nitrogen and oxygen atoms in total. The van der Waals surface area contributed by atoms with E-state index in [0.717, 1.165) is 16.8 Å². The van der Waals surface area contributed by atoms with E-state index in [9.17, 15) is 13.6 Å². The maximum atomic E-state index is 14.8. The molecule has 1 saturated heterocycles. The summed E-state index contributed by atoms with van der Waals surface area (Å²) in [5.74, 6) is -0.817. The van der Waals surface area contributed by atoms with Crippen LogP contribution in [0.5, 0.6) is 0 Å². The minimum absolute atomic E-state index is 0.0489. The highest BCUT2D eigenvalue weighted by atomic mass is 32.1. The van der Waals surface area contributed by atoms with Crippen LogP contribution in [0.25, 0.3) is 21.6 Å². The smallest absolute Gasteiger partial charge is 0.250 e. The van der Waals surface area contributed by atoms with Crippen molar-refractivity contribution < 1.29 is 13.5 Å². The van der Waals surface area contributed by atoms with Crippen molar-refractivity contribution in [3.05, 3.63) is 69.9 Å². The number of halogens is 2. The van der Waals surface area contributed by atoms with Gasteiger partial charge in [0.05, 0.1) is 11.8 Å². The minimum Gasteiger partial charge on any atom is -0.373 e. The standard InChI is InChI=1S/C24H23F2N5O2S/c1-30(2)24-29-23-21(34-24)20(16-6-5-15(25)11-17(16)26)27-22(28-23)13-8-9-33-18(10-13)14-4-7-19(32)31(3)12-14/h4-7,11-13,18H,8-10H2,1-3H3/t13-,18-/m0/s1. The molecule has 1 aromatic carbocycles. The Morgan fingerprint density at radius 3 is 2.71 bits per heavy atom. The highest BCUT2D eigenvalue weighted by Crippen LogP contribution is 2.40. The van der Waals surface area contributed by atoms with Gasteiger partial charge >= 0.3 is 0 Å². The lowest BCUT2D eigenvalue weighted by molar-refractivity contribution is 0.00365.